The quantitative estimate of drug-likeness (QED) is 0.830. The summed E-state index contributed by atoms with van der Waals surface area (Å²) in [6.45, 7) is 7.30. The molecule has 1 heterocycles. The number of hydrogen-bond acceptors (Lipinski definition) is 3. The van der Waals surface area contributed by atoms with Gasteiger partial charge in [-0.25, -0.2) is 4.98 Å². The lowest BCUT2D eigenvalue weighted by Crippen LogP contribution is -2.35. The molecule has 0 aromatic carbocycles. The smallest absolute Gasteiger partial charge is 0.181 e. The third-order valence-electron chi connectivity index (χ3n) is 2.93. The number of nitrogens with one attached hydrogen (secondary N) is 1. The molecule has 1 aliphatic rings. The summed E-state index contributed by atoms with van der Waals surface area (Å²) in [5.41, 5.74) is 1.23. The summed E-state index contributed by atoms with van der Waals surface area (Å²) < 4.78 is 5.48. The molecule has 0 aliphatic heterocycles. The van der Waals surface area contributed by atoms with Gasteiger partial charge in [-0.3, -0.25) is 0 Å². The summed E-state index contributed by atoms with van der Waals surface area (Å²) in [4.78, 5) is 4.29. The van der Waals surface area contributed by atoms with Crippen molar-refractivity contribution in [2.45, 2.75) is 58.0 Å². The predicted octanol–water partition coefficient (Wildman–Crippen LogP) is 2.83. The van der Waals surface area contributed by atoms with Crippen molar-refractivity contribution >= 4 is 0 Å². The molecule has 2 rings (SSSR count). The molecule has 0 bridgehead atoms. The maximum Gasteiger partial charge on any atom is 0.181 e. The minimum absolute atomic E-state index is 0.135. The van der Waals surface area contributed by atoms with E-state index >= 15 is 0 Å². The molecule has 1 aromatic heterocycles. The van der Waals surface area contributed by atoms with Gasteiger partial charge in [0.1, 0.15) is 5.76 Å². The molecule has 1 aromatic rings. The topological polar surface area (TPSA) is 38.1 Å². The minimum atomic E-state index is 0.135. The molecule has 0 radical (unpaired) electrons. The molecular weight excluding hydrogens is 188 g/mol. The molecule has 1 aliphatic carbocycles. The van der Waals surface area contributed by atoms with Crippen molar-refractivity contribution in [3.8, 4) is 0 Å². The highest BCUT2D eigenvalue weighted by Gasteiger charge is 2.26. The van der Waals surface area contributed by atoms with Crippen LogP contribution in [0.25, 0.3) is 0 Å². The number of nitrogens with zero attached hydrogens (tertiary/aromatic N) is 1. The fraction of sp³-hybridized carbons (Fsp3) is 0.750. The van der Waals surface area contributed by atoms with Gasteiger partial charge in [-0.1, -0.05) is 6.42 Å². The third-order valence-corrected chi connectivity index (χ3v) is 2.93. The van der Waals surface area contributed by atoms with Crippen molar-refractivity contribution in [2.24, 2.45) is 0 Å². The maximum atomic E-state index is 5.48. The molecule has 84 valence electrons. The largest absolute Gasteiger partial charge is 0.448 e. The minimum Gasteiger partial charge on any atom is -0.448 e. The zero-order valence-corrected chi connectivity index (χ0v) is 9.84. The summed E-state index contributed by atoms with van der Waals surface area (Å²) in [5.74, 6) is 1.74. The number of oxazole rings is 1. The fourth-order valence-corrected chi connectivity index (χ4v) is 1.76. The second-order valence-electron chi connectivity index (χ2n) is 5.39. The van der Waals surface area contributed by atoms with Crippen LogP contribution in [0.15, 0.2) is 10.8 Å². The molecule has 0 saturated heterocycles. The molecule has 3 nitrogen and oxygen atoms in total. The highest BCUT2D eigenvalue weighted by atomic mass is 16.3. The highest BCUT2D eigenvalue weighted by Crippen LogP contribution is 2.37. The molecule has 1 fully saturated rings. The van der Waals surface area contributed by atoms with Gasteiger partial charge in [-0.15, -0.1) is 0 Å². The fourth-order valence-electron chi connectivity index (χ4n) is 1.76. The van der Waals surface area contributed by atoms with E-state index in [1.54, 1.807) is 6.39 Å². The zero-order chi connectivity index (χ0) is 10.9. The van der Waals surface area contributed by atoms with E-state index in [2.05, 4.69) is 31.1 Å². The van der Waals surface area contributed by atoms with E-state index in [9.17, 15) is 0 Å². The second kappa shape index (κ2) is 3.97. The first-order valence-corrected chi connectivity index (χ1v) is 5.73. The van der Waals surface area contributed by atoms with Gasteiger partial charge in [-0.2, -0.15) is 0 Å². The summed E-state index contributed by atoms with van der Waals surface area (Å²) >= 11 is 0. The Morgan fingerprint density at radius 3 is 2.73 bits per heavy atom. The predicted molar refractivity (Wildman–Crippen MR) is 59.7 cm³/mol. The first-order chi connectivity index (χ1) is 7.06. The highest BCUT2D eigenvalue weighted by molar-refractivity contribution is 5.15. The zero-order valence-electron chi connectivity index (χ0n) is 9.84. The van der Waals surface area contributed by atoms with Crippen molar-refractivity contribution in [3.05, 3.63) is 17.8 Å². The van der Waals surface area contributed by atoms with Crippen LogP contribution in [0.5, 0.6) is 0 Å². The molecule has 0 unspecified atom stereocenters. The average molecular weight is 208 g/mol. The van der Waals surface area contributed by atoms with Gasteiger partial charge in [0.05, 0.1) is 5.69 Å². The Balaban J connectivity index is 1.98. The Hall–Kier alpha value is -0.830. The van der Waals surface area contributed by atoms with Gasteiger partial charge in [0, 0.05) is 18.0 Å². The van der Waals surface area contributed by atoms with Crippen LogP contribution in [-0.4, -0.2) is 10.5 Å². The van der Waals surface area contributed by atoms with Crippen LogP contribution < -0.4 is 5.32 Å². The first kappa shape index (κ1) is 10.7. The van der Waals surface area contributed by atoms with Gasteiger partial charge >= 0.3 is 0 Å². The molecule has 0 amide bonds. The number of aromatic nitrogens is 1. The van der Waals surface area contributed by atoms with Crippen LogP contribution in [0.1, 0.15) is 57.4 Å². The maximum absolute atomic E-state index is 5.48. The number of rotatable bonds is 3. The standard InChI is InChI=1S/C12H20N2O/c1-12(2,3)14-7-10-11(15-8-13-10)9-5-4-6-9/h8-9,14H,4-7H2,1-3H3. The van der Waals surface area contributed by atoms with E-state index < -0.39 is 0 Å². The van der Waals surface area contributed by atoms with Crippen molar-refractivity contribution < 1.29 is 4.42 Å². The van der Waals surface area contributed by atoms with Crippen molar-refractivity contribution in [3.63, 3.8) is 0 Å². The van der Waals surface area contributed by atoms with Crippen LogP contribution in [0.2, 0.25) is 0 Å². The van der Waals surface area contributed by atoms with Crippen molar-refractivity contribution in [2.75, 3.05) is 0 Å². The van der Waals surface area contributed by atoms with Crippen molar-refractivity contribution in [1.29, 1.82) is 0 Å². The van der Waals surface area contributed by atoms with Crippen LogP contribution in [0.3, 0.4) is 0 Å². The molecule has 1 N–H and O–H groups in total. The lowest BCUT2D eigenvalue weighted by atomic mass is 9.83. The van der Waals surface area contributed by atoms with Crippen LogP contribution >= 0.6 is 0 Å². The second-order valence-corrected chi connectivity index (χ2v) is 5.39. The van der Waals surface area contributed by atoms with Crippen LogP contribution in [0.4, 0.5) is 0 Å². The van der Waals surface area contributed by atoms with E-state index in [0.29, 0.717) is 5.92 Å². The third kappa shape index (κ3) is 2.59. The van der Waals surface area contributed by atoms with Crippen LogP contribution in [0, 0.1) is 0 Å². The van der Waals surface area contributed by atoms with E-state index in [-0.39, 0.29) is 5.54 Å². The number of hydrogen-bond donors (Lipinski definition) is 1. The Labute approximate surface area is 91.3 Å². The molecule has 0 atom stereocenters. The lowest BCUT2D eigenvalue weighted by Gasteiger charge is -2.25. The normalized spacial score (nSPS) is 17.8. The molecular formula is C12H20N2O. The van der Waals surface area contributed by atoms with E-state index in [1.165, 1.54) is 19.3 Å². The van der Waals surface area contributed by atoms with Crippen molar-refractivity contribution in [1.82, 2.24) is 10.3 Å². The summed E-state index contributed by atoms with van der Waals surface area (Å²) in [5, 5.41) is 3.45. The van der Waals surface area contributed by atoms with Gasteiger partial charge in [0.25, 0.3) is 0 Å². The van der Waals surface area contributed by atoms with E-state index in [0.717, 1.165) is 18.0 Å². The summed E-state index contributed by atoms with van der Waals surface area (Å²) in [7, 11) is 0. The Kier molecular flexibility index (Phi) is 2.83. The van der Waals surface area contributed by atoms with Gasteiger partial charge in [-0.05, 0) is 33.6 Å². The Morgan fingerprint density at radius 2 is 2.20 bits per heavy atom. The molecule has 3 heteroatoms. The SMILES string of the molecule is CC(C)(C)NCc1ncoc1C1CCC1. The first-order valence-electron chi connectivity index (χ1n) is 5.73. The molecule has 0 spiro atoms. The monoisotopic (exact) mass is 208 g/mol. The van der Waals surface area contributed by atoms with E-state index in [1.807, 2.05) is 0 Å². The van der Waals surface area contributed by atoms with Crippen LogP contribution in [-0.2, 0) is 6.54 Å². The van der Waals surface area contributed by atoms with Gasteiger partial charge in [0.2, 0.25) is 0 Å². The average Bonchev–Trinajstić information content (AvgIpc) is 2.44. The summed E-state index contributed by atoms with van der Waals surface area (Å²) in [6, 6.07) is 0. The Morgan fingerprint density at radius 1 is 1.47 bits per heavy atom. The summed E-state index contributed by atoms with van der Waals surface area (Å²) in [6.07, 6.45) is 5.43. The van der Waals surface area contributed by atoms with E-state index in [4.69, 9.17) is 4.42 Å². The van der Waals surface area contributed by atoms with Gasteiger partial charge in [0.15, 0.2) is 6.39 Å². The molecule has 15 heavy (non-hydrogen) atoms. The Bertz CT molecular complexity index is 321. The lowest BCUT2D eigenvalue weighted by molar-refractivity contribution is 0.339. The molecule has 1 saturated carbocycles. The van der Waals surface area contributed by atoms with Gasteiger partial charge < -0.3 is 9.73 Å².